The van der Waals surface area contributed by atoms with Gasteiger partial charge in [0.1, 0.15) is 17.6 Å². The molecule has 0 fully saturated rings. The number of benzene rings is 1. The fourth-order valence-corrected chi connectivity index (χ4v) is 5.34. The van der Waals surface area contributed by atoms with Crippen LogP contribution in [0.1, 0.15) is 80.2 Å². The molecule has 282 valence electrons. The third-order valence-electron chi connectivity index (χ3n) is 7.53. The van der Waals surface area contributed by atoms with Crippen molar-refractivity contribution in [2.45, 2.75) is 71.4 Å². The average Bonchev–Trinajstić information content (AvgIpc) is 3.56. The van der Waals surface area contributed by atoms with E-state index in [4.69, 9.17) is 28.9 Å². The molecular formula is C32H45N4O14P. The second-order valence-electron chi connectivity index (χ2n) is 11.3. The molecule has 0 spiro atoms. The van der Waals surface area contributed by atoms with Gasteiger partial charge in [-0.25, -0.2) is 9.86 Å². The van der Waals surface area contributed by atoms with Gasteiger partial charge in [-0.2, -0.15) is 0 Å². The molecule has 19 heteroatoms. The summed E-state index contributed by atoms with van der Waals surface area (Å²) < 4.78 is 22.5. The molecule has 1 aromatic heterocycles. The first-order valence-electron chi connectivity index (χ1n) is 16.2. The lowest BCUT2D eigenvalue weighted by molar-refractivity contribution is -0.192. The summed E-state index contributed by atoms with van der Waals surface area (Å²) in [5.74, 6) is -5.57. The molecule has 0 radical (unpaired) electrons. The molecule has 4 amide bonds. The number of hydrogen-bond acceptors (Lipinski definition) is 10. The predicted molar refractivity (Wildman–Crippen MR) is 179 cm³/mol. The third kappa shape index (κ3) is 13.8. The highest BCUT2D eigenvalue weighted by molar-refractivity contribution is 7.51. The second kappa shape index (κ2) is 20.8. The van der Waals surface area contributed by atoms with Crippen LogP contribution >= 0.6 is 7.60 Å². The van der Waals surface area contributed by atoms with E-state index in [-0.39, 0.29) is 36.1 Å². The monoisotopic (exact) mass is 740 g/mol. The predicted octanol–water partition coefficient (Wildman–Crippen LogP) is 2.35. The molecule has 0 saturated carbocycles. The Morgan fingerprint density at radius 2 is 1.73 bits per heavy atom. The minimum atomic E-state index is -4.37. The first-order chi connectivity index (χ1) is 24.1. The zero-order valence-corrected chi connectivity index (χ0v) is 29.4. The number of ether oxygens (including phenoxy) is 1. The second-order valence-corrected chi connectivity index (χ2v) is 13.0. The van der Waals surface area contributed by atoms with Crippen LogP contribution in [0.5, 0.6) is 5.75 Å². The van der Waals surface area contributed by atoms with E-state index in [1.54, 1.807) is 13.8 Å². The molecule has 0 aliphatic heterocycles. The highest BCUT2D eigenvalue weighted by atomic mass is 31.2. The number of nitrogens with zero attached hydrogens (tertiary/aromatic N) is 1. The van der Waals surface area contributed by atoms with E-state index >= 15 is 0 Å². The van der Waals surface area contributed by atoms with Crippen LogP contribution < -0.4 is 20.7 Å². The highest BCUT2D eigenvalue weighted by Gasteiger charge is 2.32. The van der Waals surface area contributed by atoms with Crippen LogP contribution in [0, 0.1) is 5.92 Å². The Hall–Kier alpha value is -4.77. The molecule has 2 rings (SSSR count). The van der Waals surface area contributed by atoms with E-state index in [1.165, 1.54) is 30.3 Å². The van der Waals surface area contributed by atoms with Crippen molar-refractivity contribution in [1.82, 2.24) is 21.0 Å². The number of amides is 4. The number of aliphatic carboxylic acids is 2. The Labute approximate surface area is 294 Å². The first kappa shape index (κ1) is 42.4. The summed E-state index contributed by atoms with van der Waals surface area (Å²) in [6.07, 6.45) is 1.95. The van der Waals surface area contributed by atoms with Crippen molar-refractivity contribution in [3.8, 4) is 17.1 Å². The van der Waals surface area contributed by atoms with Gasteiger partial charge in [-0.3, -0.25) is 33.4 Å². The van der Waals surface area contributed by atoms with Gasteiger partial charge in [-0.05, 0) is 44.0 Å². The summed E-state index contributed by atoms with van der Waals surface area (Å²) in [6, 6.07) is 4.69. The van der Waals surface area contributed by atoms with E-state index in [0.29, 0.717) is 31.2 Å². The number of nitrogens with one attached hydrogen (secondary N) is 3. The number of furan rings is 1. The smallest absolute Gasteiger partial charge is 0.327 e. The largest absolute Gasteiger partial charge is 0.493 e. The first-order valence-corrected chi connectivity index (χ1v) is 18.0. The Kier molecular flexibility index (Phi) is 17.3. The Bertz CT molecular complexity index is 1560. The molecule has 1 aromatic carbocycles. The van der Waals surface area contributed by atoms with Gasteiger partial charge in [0.15, 0.2) is 5.76 Å². The lowest BCUT2D eigenvalue weighted by atomic mass is 9.90. The van der Waals surface area contributed by atoms with Crippen molar-refractivity contribution in [3.05, 3.63) is 41.7 Å². The number of carboxylic acid groups (broad SMARTS) is 2. The van der Waals surface area contributed by atoms with Crippen molar-refractivity contribution in [1.29, 1.82) is 0 Å². The fourth-order valence-electron chi connectivity index (χ4n) is 5.02. The van der Waals surface area contributed by atoms with Crippen LogP contribution in [0.15, 0.2) is 34.7 Å². The van der Waals surface area contributed by atoms with Crippen LogP contribution in [0.25, 0.3) is 11.3 Å². The SMILES string of the molecule is CCCCC[C@@H](C(=O)NCNC(=O)c1ccc(-c2ccc(C(=O)N[C@@H](CC(=O)O)C(=O)O)c(OCC)c2)o1)[C@@H](CC)N(C=O)OCCP(=O)(O)O. The highest BCUT2D eigenvalue weighted by Crippen LogP contribution is 2.34. The maximum atomic E-state index is 13.3. The number of unbranched alkanes of at least 4 members (excludes halogenated alkanes) is 2. The molecule has 0 bridgehead atoms. The minimum Gasteiger partial charge on any atom is -0.493 e. The van der Waals surface area contributed by atoms with Crippen LogP contribution in [-0.2, 0) is 28.6 Å². The molecule has 7 N–H and O–H groups in total. The molecule has 0 unspecified atom stereocenters. The lowest BCUT2D eigenvalue weighted by Crippen LogP contribution is -2.48. The normalized spacial score (nSPS) is 13.0. The molecule has 0 aliphatic carbocycles. The fraction of sp³-hybridized carbons (Fsp3) is 0.500. The summed E-state index contributed by atoms with van der Waals surface area (Å²) in [7, 11) is -4.37. The van der Waals surface area contributed by atoms with Crippen molar-refractivity contribution in [3.63, 3.8) is 0 Å². The zero-order chi connectivity index (χ0) is 38.1. The molecule has 1 heterocycles. The third-order valence-corrected chi connectivity index (χ3v) is 8.29. The number of rotatable bonds is 24. The van der Waals surface area contributed by atoms with Crippen LogP contribution in [0.3, 0.4) is 0 Å². The number of hydrogen-bond donors (Lipinski definition) is 7. The van der Waals surface area contributed by atoms with Gasteiger partial charge < -0.3 is 45.1 Å². The van der Waals surface area contributed by atoms with Crippen LogP contribution in [-0.4, -0.2) is 99.3 Å². The number of hydroxylamine groups is 2. The zero-order valence-electron chi connectivity index (χ0n) is 28.5. The van der Waals surface area contributed by atoms with E-state index in [9.17, 15) is 38.4 Å². The summed E-state index contributed by atoms with van der Waals surface area (Å²) in [5, 5.41) is 26.5. The number of carboxylic acids is 2. The topological polar surface area (TPSA) is 271 Å². The summed E-state index contributed by atoms with van der Waals surface area (Å²) >= 11 is 0. The quantitative estimate of drug-likeness (QED) is 0.0268. The van der Waals surface area contributed by atoms with Crippen molar-refractivity contribution < 1.29 is 67.3 Å². The van der Waals surface area contributed by atoms with Gasteiger partial charge >= 0.3 is 19.5 Å². The molecule has 51 heavy (non-hydrogen) atoms. The maximum Gasteiger partial charge on any atom is 0.327 e. The Morgan fingerprint density at radius 3 is 2.31 bits per heavy atom. The average molecular weight is 741 g/mol. The molecule has 0 aliphatic rings. The van der Waals surface area contributed by atoms with Crippen molar-refractivity contribution >= 4 is 43.7 Å². The summed E-state index contributed by atoms with van der Waals surface area (Å²) in [4.78, 5) is 96.7. The van der Waals surface area contributed by atoms with E-state index in [2.05, 4.69) is 16.0 Å². The van der Waals surface area contributed by atoms with Gasteiger partial charge in [-0.1, -0.05) is 39.2 Å². The summed E-state index contributed by atoms with van der Waals surface area (Å²) in [6.45, 7) is 4.78. The van der Waals surface area contributed by atoms with Crippen molar-refractivity contribution in [2.24, 2.45) is 5.92 Å². The van der Waals surface area contributed by atoms with E-state index in [1.807, 2.05) is 6.92 Å². The lowest BCUT2D eigenvalue weighted by Gasteiger charge is -2.32. The van der Waals surface area contributed by atoms with Gasteiger partial charge in [0.25, 0.3) is 11.8 Å². The molecule has 18 nitrogen and oxygen atoms in total. The molecule has 0 saturated heterocycles. The van der Waals surface area contributed by atoms with Gasteiger partial charge in [0.2, 0.25) is 12.3 Å². The number of carbonyl (C=O) groups is 6. The molecular weight excluding hydrogens is 695 g/mol. The van der Waals surface area contributed by atoms with Gasteiger partial charge in [0, 0.05) is 5.56 Å². The van der Waals surface area contributed by atoms with Crippen molar-refractivity contribution in [2.75, 3.05) is 26.0 Å². The minimum absolute atomic E-state index is 0.0521. The standard InChI is InChI=1S/C32H45N4O14P/c1-4-7-8-9-21(24(5-2)36(19-37)49-14-15-51(45,46)47)29(40)33-18-34-31(42)26-13-12-25(50-26)20-10-11-22(27(16-20)48-6-3)30(41)35-23(32(43)44)17-28(38)39/h10-13,16,19,21,23-24H,4-9,14-15,17-18H2,1-3H3,(H,33,40)(H,34,42)(H,35,41)(H,38,39)(H,43,44)(H2,45,46,47)/t21-,23+,24-/m1/s1. The molecule has 2 aromatic rings. The Balaban J connectivity index is 2.13. The van der Waals surface area contributed by atoms with Crippen LogP contribution in [0.2, 0.25) is 0 Å². The Morgan fingerprint density at radius 1 is 1.00 bits per heavy atom. The number of carbonyl (C=O) groups excluding carboxylic acids is 4. The van der Waals surface area contributed by atoms with Gasteiger partial charge in [-0.15, -0.1) is 0 Å². The van der Waals surface area contributed by atoms with E-state index in [0.717, 1.165) is 17.9 Å². The van der Waals surface area contributed by atoms with Crippen LogP contribution in [0.4, 0.5) is 0 Å². The van der Waals surface area contributed by atoms with Gasteiger partial charge in [0.05, 0.1) is 50.0 Å². The summed E-state index contributed by atoms with van der Waals surface area (Å²) in [5.41, 5.74) is 0.339. The molecule has 3 atom stereocenters. The maximum absolute atomic E-state index is 13.3. The van der Waals surface area contributed by atoms with E-state index < -0.39 is 74.4 Å².